The number of hydrogen-bond acceptors (Lipinski definition) is 5. The zero-order chi connectivity index (χ0) is 27.3. The minimum absolute atomic E-state index is 0.0183. The molecule has 0 spiro atoms. The molecule has 3 rings (SSSR count). The number of aromatic nitrogens is 2. The van der Waals surface area contributed by atoms with Crippen LogP contribution in [-0.2, 0) is 13.6 Å². The largest absolute Gasteiger partial charge is 0.403 e. The SMILES string of the molecule is C=C(NCc1cccc2c(=O)n(C)c(N3CCCCC3)nc12)/C(=C\C(Cl)=C/N)CC.CC.FC(F)F. The van der Waals surface area contributed by atoms with Crippen molar-refractivity contribution in [2.24, 2.45) is 12.8 Å². The Morgan fingerprint density at radius 1 is 1.25 bits per heavy atom. The van der Waals surface area contributed by atoms with Crippen molar-refractivity contribution in [1.29, 1.82) is 0 Å². The predicted octanol–water partition coefficient (Wildman–Crippen LogP) is 6.11. The Bertz CT molecular complexity index is 1110. The van der Waals surface area contributed by atoms with Gasteiger partial charge in [-0.05, 0) is 49.0 Å². The van der Waals surface area contributed by atoms with Crippen LogP contribution >= 0.6 is 11.6 Å². The molecule has 1 aliphatic rings. The average molecular weight is 528 g/mol. The maximum atomic E-state index is 13.0. The van der Waals surface area contributed by atoms with Gasteiger partial charge in [0.05, 0.1) is 15.9 Å². The Hall–Kier alpha value is -2.94. The quantitative estimate of drug-likeness (QED) is 0.425. The number of fused-ring (bicyclic) bond motifs is 1. The number of nitrogens with one attached hydrogen (secondary N) is 1. The van der Waals surface area contributed by atoms with E-state index in [2.05, 4.69) is 16.8 Å². The molecular formula is C26H37ClF3N5O. The van der Waals surface area contributed by atoms with Crippen molar-refractivity contribution in [2.75, 3.05) is 18.0 Å². The molecule has 6 nitrogen and oxygen atoms in total. The van der Waals surface area contributed by atoms with Crippen LogP contribution in [0.4, 0.5) is 19.1 Å². The molecule has 3 N–H and O–H groups in total. The fourth-order valence-electron chi connectivity index (χ4n) is 3.79. The second-order valence-corrected chi connectivity index (χ2v) is 8.23. The zero-order valence-corrected chi connectivity index (χ0v) is 22.2. The van der Waals surface area contributed by atoms with E-state index >= 15 is 0 Å². The first-order valence-electron chi connectivity index (χ1n) is 12.1. The van der Waals surface area contributed by atoms with Crippen molar-refractivity contribution in [3.63, 3.8) is 0 Å². The third-order valence-electron chi connectivity index (χ3n) is 5.54. The fraction of sp³-hybridized carbons (Fsp3) is 0.462. The van der Waals surface area contributed by atoms with Gasteiger partial charge in [0.2, 0.25) is 5.95 Å². The van der Waals surface area contributed by atoms with Crippen molar-refractivity contribution in [3.8, 4) is 0 Å². The first-order chi connectivity index (χ1) is 17.2. The van der Waals surface area contributed by atoms with Crippen molar-refractivity contribution >= 4 is 28.5 Å². The third-order valence-corrected chi connectivity index (χ3v) is 5.77. The number of benzene rings is 1. The van der Waals surface area contributed by atoms with Crippen LogP contribution in [0, 0.1) is 0 Å². The molecule has 0 unspecified atom stereocenters. The van der Waals surface area contributed by atoms with Crippen LogP contribution in [0.1, 0.15) is 52.0 Å². The molecule has 0 aliphatic carbocycles. The molecule has 200 valence electrons. The number of hydrogen-bond donors (Lipinski definition) is 2. The molecule has 0 bridgehead atoms. The van der Waals surface area contributed by atoms with Crippen LogP contribution in [0.5, 0.6) is 0 Å². The Morgan fingerprint density at radius 2 is 1.86 bits per heavy atom. The van der Waals surface area contributed by atoms with E-state index in [1.165, 1.54) is 12.6 Å². The van der Waals surface area contributed by atoms with Gasteiger partial charge in [0.25, 0.3) is 5.56 Å². The summed E-state index contributed by atoms with van der Waals surface area (Å²) in [5.74, 6) is 0.743. The van der Waals surface area contributed by atoms with Gasteiger partial charge in [-0.1, -0.05) is 51.1 Å². The Kier molecular flexibility index (Phi) is 13.8. The van der Waals surface area contributed by atoms with Gasteiger partial charge in [-0.15, -0.1) is 0 Å². The first-order valence-corrected chi connectivity index (χ1v) is 12.4. The molecular weight excluding hydrogens is 491 g/mol. The maximum Gasteiger partial charge on any atom is 0.379 e. The van der Waals surface area contributed by atoms with Gasteiger partial charge in [-0.3, -0.25) is 9.36 Å². The molecule has 2 heterocycles. The highest BCUT2D eigenvalue weighted by Gasteiger charge is 2.18. The standard InChI is InChI=1S/C23H30ClN5O.C2H6.CHF3/c1-4-17(13-19(24)14-25)16(2)26-15-18-9-8-10-20-21(18)27-23(28(3)22(20)30)29-11-6-5-7-12-29;1-2;2-1(3)4/h8-10,13-14,26H,2,4-7,11-12,15,25H2,1,3H3;1-2H3;1H/b17-13-,19-14+;;. The van der Waals surface area contributed by atoms with Crippen LogP contribution in [0.25, 0.3) is 10.9 Å². The van der Waals surface area contributed by atoms with E-state index in [0.29, 0.717) is 17.0 Å². The van der Waals surface area contributed by atoms with Crippen molar-refractivity contribution in [1.82, 2.24) is 14.9 Å². The van der Waals surface area contributed by atoms with E-state index in [-0.39, 0.29) is 5.56 Å². The first kappa shape index (κ1) is 31.1. The molecule has 0 radical (unpaired) electrons. The molecule has 1 aromatic carbocycles. The predicted molar refractivity (Wildman–Crippen MR) is 144 cm³/mol. The summed E-state index contributed by atoms with van der Waals surface area (Å²) in [6.07, 6.45) is 7.42. The van der Waals surface area contributed by atoms with Crippen LogP contribution in [-0.4, -0.2) is 29.3 Å². The molecule has 1 aliphatic heterocycles. The number of halogens is 4. The van der Waals surface area contributed by atoms with Crippen molar-refractivity contribution in [2.45, 2.75) is 59.7 Å². The molecule has 1 saturated heterocycles. The van der Waals surface area contributed by atoms with Crippen LogP contribution < -0.4 is 21.5 Å². The minimum atomic E-state index is -3.67. The summed E-state index contributed by atoms with van der Waals surface area (Å²) >= 11 is 6.04. The second-order valence-electron chi connectivity index (χ2n) is 7.79. The summed E-state index contributed by atoms with van der Waals surface area (Å²) in [4.78, 5) is 20.1. The van der Waals surface area contributed by atoms with Gasteiger partial charge in [0, 0.05) is 38.6 Å². The lowest BCUT2D eigenvalue weighted by Gasteiger charge is -2.29. The zero-order valence-electron chi connectivity index (χ0n) is 21.5. The number of anilines is 1. The summed E-state index contributed by atoms with van der Waals surface area (Å²) in [6.45, 7) is 8.88. The smallest absolute Gasteiger partial charge is 0.379 e. The molecule has 0 atom stereocenters. The highest BCUT2D eigenvalue weighted by molar-refractivity contribution is 6.31. The Morgan fingerprint density at radius 3 is 2.42 bits per heavy atom. The molecule has 1 aromatic heterocycles. The molecule has 10 heteroatoms. The number of para-hydroxylation sites is 1. The van der Waals surface area contributed by atoms with Gasteiger partial charge in [0.15, 0.2) is 0 Å². The van der Waals surface area contributed by atoms with Crippen LogP contribution in [0.3, 0.4) is 0 Å². The molecule has 1 fully saturated rings. The van der Waals surface area contributed by atoms with Crippen LogP contribution in [0.2, 0.25) is 0 Å². The van der Waals surface area contributed by atoms with Crippen LogP contribution in [0.15, 0.2) is 58.2 Å². The minimum Gasteiger partial charge on any atom is -0.403 e. The molecule has 36 heavy (non-hydrogen) atoms. The van der Waals surface area contributed by atoms with Crippen molar-refractivity contribution < 1.29 is 13.2 Å². The number of alkyl halides is 3. The van der Waals surface area contributed by atoms with E-state index in [1.54, 1.807) is 11.6 Å². The van der Waals surface area contributed by atoms with Gasteiger partial charge in [0.1, 0.15) is 0 Å². The highest BCUT2D eigenvalue weighted by atomic mass is 35.5. The molecule has 0 saturated carbocycles. The summed E-state index contributed by atoms with van der Waals surface area (Å²) in [5, 5.41) is 4.45. The number of nitrogens with zero attached hydrogens (tertiary/aromatic N) is 3. The van der Waals surface area contributed by atoms with Gasteiger partial charge >= 0.3 is 6.68 Å². The lowest BCUT2D eigenvalue weighted by atomic mass is 10.1. The average Bonchev–Trinajstić information content (AvgIpc) is 2.89. The number of allylic oxidation sites excluding steroid dienone is 3. The summed E-state index contributed by atoms with van der Waals surface area (Å²) in [6, 6.07) is 5.74. The molecule has 0 amide bonds. The van der Waals surface area contributed by atoms with E-state index in [1.807, 2.05) is 45.0 Å². The van der Waals surface area contributed by atoms with E-state index in [0.717, 1.165) is 60.7 Å². The maximum absolute atomic E-state index is 13.0. The lowest BCUT2D eigenvalue weighted by molar-refractivity contribution is 0.00819. The summed E-state index contributed by atoms with van der Waals surface area (Å²) in [5.41, 5.74) is 8.90. The third kappa shape index (κ3) is 8.93. The normalized spacial score (nSPS) is 14.1. The summed E-state index contributed by atoms with van der Waals surface area (Å²) < 4.78 is 30.7. The van der Waals surface area contributed by atoms with E-state index in [9.17, 15) is 18.0 Å². The summed E-state index contributed by atoms with van der Waals surface area (Å²) in [7, 11) is 1.80. The van der Waals surface area contributed by atoms with Gasteiger partial charge in [-0.2, -0.15) is 13.2 Å². The Labute approximate surface area is 216 Å². The van der Waals surface area contributed by atoms with E-state index in [4.69, 9.17) is 22.3 Å². The fourth-order valence-corrected chi connectivity index (χ4v) is 3.93. The highest BCUT2D eigenvalue weighted by Crippen LogP contribution is 2.22. The molecule has 2 aromatic rings. The Balaban J connectivity index is 0.000000982. The van der Waals surface area contributed by atoms with Gasteiger partial charge in [-0.25, -0.2) is 4.98 Å². The number of nitrogens with two attached hydrogens (primary N) is 1. The monoisotopic (exact) mass is 527 g/mol. The topological polar surface area (TPSA) is 76.2 Å². The van der Waals surface area contributed by atoms with Gasteiger partial charge < -0.3 is 16.0 Å². The van der Waals surface area contributed by atoms with E-state index < -0.39 is 6.68 Å². The number of rotatable bonds is 7. The number of piperidine rings is 1. The lowest BCUT2D eigenvalue weighted by Crippen LogP contribution is -2.35. The second kappa shape index (κ2) is 15.9. The van der Waals surface area contributed by atoms with Crippen molar-refractivity contribution in [3.05, 3.63) is 69.3 Å².